The number of rotatable bonds is 11. The summed E-state index contributed by atoms with van der Waals surface area (Å²) in [5.74, 6) is 0.870. The smallest absolute Gasteiger partial charge is 0.387 e. The number of amides is 2. The Morgan fingerprint density at radius 2 is 1.86 bits per heavy atom. The van der Waals surface area contributed by atoms with Crippen LogP contribution in [-0.4, -0.2) is 55.7 Å². The van der Waals surface area contributed by atoms with Gasteiger partial charge < -0.3 is 24.4 Å². The van der Waals surface area contributed by atoms with Crippen molar-refractivity contribution in [2.75, 3.05) is 26.3 Å². The Labute approximate surface area is 209 Å². The largest absolute Gasteiger partial charge is 0.493 e. The molecule has 2 aromatic carbocycles. The van der Waals surface area contributed by atoms with Crippen molar-refractivity contribution in [3.63, 3.8) is 0 Å². The van der Waals surface area contributed by atoms with Crippen molar-refractivity contribution in [3.05, 3.63) is 53.6 Å². The molecule has 0 bridgehead atoms. The zero-order chi connectivity index (χ0) is 25.7. The molecule has 1 aliphatic heterocycles. The predicted molar refractivity (Wildman–Crippen MR) is 130 cm³/mol. The average Bonchev–Trinajstić information content (AvgIpc) is 3.58. The molecule has 1 heterocycles. The van der Waals surface area contributed by atoms with Gasteiger partial charge in [-0.15, -0.1) is 0 Å². The molecule has 2 fully saturated rings. The molecule has 0 radical (unpaired) electrons. The van der Waals surface area contributed by atoms with Crippen molar-refractivity contribution in [1.82, 2.24) is 10.2 Å². The van der Waals surface area contributed by atoms with Crippen LogP contribution in [0.5, 0.6) is 17.2 Å². The second kappa shape index (κ2) is 11.6. The van der Waals surface area contributed by atoms with Gasteiger partial charge in [-0.3, -0.25) is 9.59 Å². The molecule has 9 heteroatoms. The third-order valence-corrected chi connectivity index (χ3v) is 6.58. The molecule has 194 valence electrons. The van der Waals surface area contributed by atoms with E-state index in [9.17, 15) is 18.4 Å². The fourth-order valence-corrected chi connectivity index (χ4v) is 4.56. The van der Waals surface area contributed by atoms with E-state index in [1.807, 2.05) is 6.92 Å². The minimum atomic E-state index is -2.94. The molecule has 4 rings (SSSR count). The maximum absolute atomic E-state index is 12.9. The van der Waals surface area contributed by atoms with Gasteiger partial charge in [-0.1, -0.05) is 18.2 Å². The predicted octanol–water partition coefficient (Wildman–Crippen LogP) is 4.61. The van der Waals surface area contributed by atoms with Crippen LogP contribution in [0.15, 0.2) is 42.5 Å². The van der Waals surface area contributed by atoms with Crippen LogP contribution < -0.4 is 19.5 Å². The summed E-state index contributed by atoms with van der Waals surface area (Å²) in [7, 11) is 0. The molecule has 1 aliphatic carbocycles. The minimum Gasteiger partial charge on any atom is -0.493 e. The SMILES string of the molecule is CCOc1ccccc1C(=O)NC[C@@H]1CC(c2ccc(OC(F)F)c(OCC3CC3)c2)CN1C(C)=O. The summed E-state index contributed by atoms with van der Waals surface area (Å²) < 4.78 is 41.8. The van der Waals surface area contributed by atoms with Gasteiger partial charge >= 0.3 is 6.61 Å². The molecule has 1 saturated heterocycles. The lowest BCUT2D eigenvalue weighted by Gasteiger charge is -2.23. The Hall–Kier alpha value is -3.36. The Bertz CT molecular complexity index is 1080. The average molecular weight is 503 g/mol. The van der Waals surface area contributed by atoms with Crippen molar-refractivity contribution >= 4 is 11.8 Å². The summed E-state index contributed by atoms with van der Waals surface area (Å²) in [4.78, 5) is 27.0. The minimum absolute atomic E-state index is 0.00704. The van der Waals surface area contributed by atoms with Crippen molar-refractivity contribution in [2.24, 2.45) is 5.92 Å². The number of halogens is 2. The maximum atomic E-state index is 12.9. The van der Waals surface area contributed by atoms with Crippen LogP contribution in [0.3, 0.4) is 0 Å². The van der Waals surface area contributed by atoms with Gasteiger partial charge in [0.05, 0.1) is 18.8 Å². The molecular formula is C27H32F2N2O5. The van der Waals surface area contributed by atoms with E-state index < -0.39 is 6.61 Å². The van der Waals surface area contributed by atoms with Gasteiger partial charge in [0.1, 0.15) is 5.75 Å². The number of likely N-dealkylation sites (tertiary alicyclic amines) is 1. The Morgan fingerprint density at radius 1 is 1.08 bits per heavy atom. The van der Waals surface area contributed by atoms with E-state index in [0.29, 0.717) is 49.2 Å². The molecule has 2 aromatic rings. The van der Waals surface area contributed by atoms with Gasteiger partial charge in [-0.2, -0.15) is 8.78 Å². The summed E-state index contributed by atoms with van der Waals surface area (Å²) in [6.45, 7) is 2.07. The maximum Gasteiger partial charge on any atom is 0.387 e. The summed E-state index contributed by atoms with van der Waals surface area (Å²) in [5, 5.41) is 2.94. The van der Waals surface area contributed by atoms with Gasteiger partial charge in [0.2, 0.25) is 5.91 Å². The highest BCUT2D eigenvalue weighted by atomic mass is 19.3. The number of carbonyl (C=O) groups excluding carboxylic acids is 2. The molecule has 1 saturated carbocycles. The number of ether oxygens (including phenoxy) is 3. The van der Waals surface area contributed by atoms with Crippen molar-refractivity contribution in [3.8, 4) is 17.2 Å². The third kappa shape index (κ3) is 6.44. The topological polar surface area (TPSA) is 77.1 Å². The summed E-state index contributed by atoms with van der Waals surface area (Å²) >= 11 is 0. The summed E-state index contributed by atoms with van der Waals surface area (Å²) in [5.41, 5.74) is 1.32. The number of hydrogen-bond acceptors (Lipinski definition) is 5. The summed E-state index contributed by atoms with van der Waals surface area (Å²) in [6.07, 6.45) is 2.76. The van der Waals surface area contributed by atoms with E-state index in [1.165, 1.54) is 13.0 Å². The zero-order valence-corrected chi connectivity index (χ0v) is 20.5. The van der Waals surface area contributed by atoms with Crippen LogP contribution in [0.1, 0.15) is 54.9 Å². The molecule has 7 nitrogen and oxygen atoms in total. The van der Waals surface area contributed by atoms with Crippen LogP contribution in [0, 0.1) is 5.92 Å². The molecular weight excluding hydrogens is 470 g/mol. The molecule has 0 aromatic heterocycles. The van der Waals surface area contributed by atoms with Gasteiger partial charge in [-0.25, -0.2) is 0 Å². The van der Waals surface area contributed by atoms with E-state index in [0.717, 1.165) is 18.4 Å². The van der Waals surface area contributed by atoms with E-state index in [1.54, 1.807) is 41.3 Å². The number of nitrogens with one attached hydrogen (secondary N) is 1. The fraction of sp³-hybridized carbons (Fsp3) is 0.481. The summed E-state index contributed by atoms with van der Waals surface area (Å²) in [6, 6.07) is 11.8. The van der Waals surface area contributed by atoms with E-state index in [2.05, 4.69) is 10.1 Å². The number of para-hydroxylation sites is 1. The second-order valence-corrected chi connectivity index (χ2v) is 9.24. The highest BCUT2D eigenvalue weighted by Crippen LogP contribution is 2.38. The first-order chi connectivity index (χ1) is 17.4. The van der Waals surface area contributed by atoms with Gasteiger partial charge in [0, 0.05) is 32.0 Å². The van der Waals surface area contributed by atoms with E-state index in [4.69, 9.17) is 9.47 Å². The molecule has 1 unspecified atom stereocenters. The lowest BCUT2D eigenvalue weighted by atomic mass is 9.96. The molecule has 2 atom stereocenters. The number of hydrogen-bond donors (Lipinski definition) is 1. The van der Waals surface area contributed by atoms with Crippen molar-refractivity contribution in [1.29, 1.82) is 0 Å². The van der Waals surface area contributed by atoms with Gasteiger partial charge in [0.25, 0.3) is 5.91 Å². The van der Waals surface area contributed by atoms with E-state index in [-0.39, 0.29) is 36.1 Å². The first-order valence-corrected chi connectivity index (χ1v) is 12.3. The van der Waals surface area contributed by atoms with Crippen LogP contribution >= 0.6 is 0 Å². The third-order valence-electron chi connectivity index (χ3n) is 6.58. The van der Waals surface area contributed by atoms with Crippen molar-refractivity contribution in [2.45, 2.75) is 51.7 Å². The number of benzene rings is 2. The number of nitrogens with zero attached hydrogens (tertiary/aromatic N) is 1. The first kappa shape index (κ1) is 25.7. The Morgan fingerprint density at radius 3 is 2.56 bits per heavy atom. The first-order valence-electron chi connectivity index (χ1n) is 12.3. The molecule has 0 spiro atoms. The van der Waals surface area contributed by atoms with Gasteiger partial charge in [0.15, 0.2) is 11.5 Å². The van der Waals surface area contributed by atoms with E-state index >= 15 is 0 Å². The standard InChI is InChI=1S/C27H32F2N2O5/c1-3-34-23-7-5-4-6-22(23)26(33)30-14-21-12-20(15-31(21)17(2)32)19-10-11-24(36-27(28)29)25(13-19)35-16-18-8-9-18/h4-7,10-11,13,18,20-21,27H,3,8-9,12,14-16H2,1-2H3,(H,30,33)/t20?,21-/m0/s1. The van der Waals surface area contributed by atoms with Crippen molar-refractivity contribution < 1.29 is 32.6 Å². The van der Waals surface area contributed by atoms with Crippen LogP contribution in [0.4, 0.5) is 8.78 Å². The number of alkyl halides is 2. The second-order valence-electron chi connectivity index (χ2n) is 9.24. The normalized spacial score (nSPS) is 19.3. The van der Waals surface area contributed by atoms with Crippen LogP contribution in [0.25, 0.3) is 0 Å². The lowest BCUT2D eigenvalue weighted by Crippen LogP contribution is -2.42. The molecule has 2 amide bonds. The lowest BCUT2D eigenvalue weighted by molar-refractivity contribution is -0.129. The molecule has 36 heavy (non-hydrogen) atoms. The van der Waals surface area contributed by atoms with Gasteiger partial charge in [-0.05, 0) is 61.9 Å². The number of carbonyl (C=O) groups is 2. The zero-order valence-electron chi connectivity index (χ0n) is 20.5. The Balaban J connectivity index is 1.46. The quantitative estimate of drug-likeness (QED) is 0.486. The fourth-order valence-electron chi connectivity index (χ4n) is 4.56. The highest BCUT2D eigenvalue weighted by Gasteiger charge is 2.35. The Kier molecular flexibility index (Phi) is 8.28. The molecule has 1 N–H and O–H groups in total. The van der Waals surface area contributed by atoms with Crippen LogP contribution in [0.2, 0.25) is 0 Å². The monoisotopic (exact) mass is 502 g/mol. The van der Waals surface area contributed by atoms with Crippen LogP contribution in [-0.2, 0) is 4.79 Å². The molecule has 2 aliphatic rings. The highest BCUT2D eigenvalue weighted by molar-refractivity contribution is 5.97.